The molecule has 0 spiro atoms. The van der Waals surface area contributed by atoms with Crippen molar-refractivity contribution in [2.75, 3.05) is 0 Å². The fourth-order valence-corrected chi connectivity index (χ4v) is 2.70. The molecule has 0 amide bonds. The van der Waals surface area contributed by atoms with Gasteiger partial charge in [0, 0.05) is 0 Å². The van der Waals surface area contributed by atoms with Crippen LogP contribution in [0.1, 0.15) is 51.4 Å². The molecule has 0 radical (unpaired) electrons. The number of rotatable bonds is 2. The minimum Gasteiger partial charge on any atom is -0.393 e. The summed E-state index contributed by atoms with van der Waals surface area (Å²) in [6, 6.07) is 0. The largest absolute Gasteiger partial charge is 0.393 e. The van der Waals surface area contributed by atoms with Gasteiger partial charge in [-0.05, 0) is 51.4 Å². The highest BCUT2D eigenvalue weighted by molar-refractivity contribution is 4.77. The van der Waals surface area contributed by atoms with Crippen molar-refractivity contribution >= 4 is 0 Å². The van der Waals surface area contributed by atoms with Crippen LogP contribution < -0.4 is 0 Å². The van der Waals surface area contributed by atoms with Crippen LogP contribution >= 0.6 is 0 Å². The van der Waals surface area contributed by atoms with E-state index in [0.717, 1.165) is 51.4 Å². The van der Waals surface area contributed by atoms with Crippen LogP contribution in [-0.2, 0) is 4.74 Å². The zero-order chi connectivity index (χ0) is 10.7. The third-order valence-electron chi connectivity index (χ3n) is 3.63. The van der Waals surface area contributed by atoms with Crippen LogP contribution in [0, 0.1) is 0 Å². The highest BCUT2D eigenvalue weighted by Crippen LogP contribution is 2.27. The number of hydrogen-bond acceptors (Lipinski definition) is 3. The van der Waals surface area contributed by atoms with Crippen LogP contribution in [0.4, 0.5) is 0 Å². The fourth-order valence-electron chi connectivity index (χ4n) is 2.70. The Morgan fingerprint density at radius 1 is 0.733 bits per heavy atom. The molecule has 2 aliphatic carbocycles. The van der Waals surface area contributed by atoms with E-state index in [1.807, 2.05) is 0 Å². The molecule has 2 fully saturated rings. The maximum atomic E-state index is 9.53. The summed E-state index contributed by atoms with van der Waals surface area (Å²) in [6.07, 6.45) is 7.94. The lowest BCUT2D eigenvalue weighted by atomic mass is 9.92. The van der Waals surface area contributed by atoms with Gasteiger partial charge in [0.2, 0.25) is 0 Å². The van der Waals surface area contributed by atoms with Crippen LogP contribution in [0.15, 0.2) is 0 Å². The van der Waals surface area contributed by atoms with E-state index in [9.17, 15) is 10.2 Å². The molecule has 2 atom stereocenters. The Hall–Kier alpha value is -0.120. The van der Waals surface area contributed by atoms with Gasteiger partial charge in [-0.3, -0.25) is 0 Å². The standard InChI is InChI=1S/C12H22O3/c13-9-4-6-11(7-5-9)15-12-3-1-2-10(14)8-12/h9-14H,1-8H2. The Morgan fingerprint density at radius 3 is 2.13 bits per heavy atom. The Bertz CT molecular complexity index is 187. The molecule has 0 aromatic rings. The molecule has 3 nitrogen and oxygen atoms in total. The molecule has 2 saturated carbocycles. The molecule has 15 heavy (non-hydrogen) atoms. The van der Waals surface area contributed by atoms with E-state index in [-0.39, 0.29) is 18.3 Å². The molecule has 0 aromatic heterocycles. The van der Waals surface area contributed by atoms with Crippen molar-refractivity contribution in [1.82, 2.24) is 0 Å². The second-order valence-electron chi connectivity index (χ2n) is 5.01. The quantitative estimate of drug-likeness (QED) is 0.734. The Kier molecular flexibility index (Phi) is 4.00. The Balaban J connectivity index is 1.71. The molecule has 0 aliphatic heterocycles. The van der Waals surface area contributed by atoms with Gasteiger partial charge in [-0.2, -0.15) is 0 Å². The van der Waals surface area contributed by atoms with Gasteiger partial charge in [0.1, 0.15) is 0 Å². The summed E-state index contributed by atoms with van der Waals surface area (Å²) in [5.41, 5.74) is 0. The van der Waals surface area contributed by atoms with E-state index in [0.29, 0.717) is 6.10 Å². The molecule has 2 unspecified atom stereocenters. The minimum absolute atomic E-state index is 0.109. The molecule has 3 heteroatoms. The predicted octanol–water partition coefficient (Wildman–Crippen LogP) is 1.61. The molecule has 0 bridgehead atoms. The minimum atomic E-state index is -0.155. The second-order valence-corrected chi connectivity index (χ2v) is 5.01. The molecule has 0 saturated heterocycles. The Labute approximate surface area is 91.4 Å². The number of hydrogen-bond donors (Lipinski definition) is 2. The Morgan fingerprint density at radius 2 is 1.47 bits per heavy atom. The first-order valence-corrected chi connectivity index (χ1v) is 6.25. The molecule has 2 N–H and O–H groups in total. The van der Waals surface area contributed by atoms with E-state index < -0.39 is 0 Å². The van der Waals surface area contributed by atoms with Gasteiger partial charge >= 0.3 is 0 Å². The topological polar surface area (TPSA) is 49.7 Å². The third-order valence-corrected chi connectivity index (χ3v) is 3.63. The molecule has 0 aromatic carbocycles. The summed E-state index contributed by atoms with van der Waals surface area (Å²) in [5, 5.41) is 18.9. The van der Waals surface area contributed by atoms with Crippen molar-refractivity contribution in [1.29, 1.82) is 0 Å². The highest BCUT2D eigenvalue weighted by atomic mass is 16.5. The summed E-state index contributed by atoms with van der Waals surface area (Å²) in [7, 11) is 0. The average Bonchev–Trinajstić information content (AvgIpc) is 2.22. The van der Waals surface area contributed by atoms with E-state index in [2.05, 4.69) is 0 Å². The first-order valence-electron chi connectivity index (χ1n) is 6.25. The van der Waals surface area contributed by atoms with Gasteiger partial charge in [-0.15, -0.1) is 0 Å². The predicted molar refractivity (Wildman–Crippen MR) is 57.6 cm³/mol. The molecular weight excluding hydrogens is 192 g/mol. The smallest absolute Gasteiger partial charge is 0.0603 e. The maximum Gasteiger partial charge on any atom is 0.0603 e. The zero-order valence-corrected chi connectivity index (χ0v) is 9.27. The van der Waals surface area contributed by atoms with Crippen molar-refractivity contribution in [2.45, 2.75) is 75.8 Å². The van der Waals surface area contributed by atoms with Crippen LogP contribution in [0.2, 0.25) is 0 Å². The third kappa shape index (κ3) is 3.44. The van der Waals surface area contributed by atoms with Gasteiger partial charge < -0.3 is 14.9 Å². The molecule has 0 heterocycles. The van der Waals surface area contributed by atoms with Crippen molar-refractivity contribution in [3.05, 3.63) is 0 Å². The lowest BCUT2D eigenvalue weighted by molar-refractivity contribution is -0.0785. The molecule has 2 rings (SSSR count). The van der Waals surface area contributed by atoms with E-state index in [4.69, 9.17) is 4.74 Å². The van der Waals surface area contributed by atoms with Crippen LogP contribution in [0.3, 0.4) is 0 Å². The van der Waals surface area contributed by atoms with E-state index in [1.165, 1.54) is 0 Å². The summed E-state index contributed by atoms with van der Waals surface area (Å²) in [5.74, 6) is 0. The highest BCUT2D eigenvalue weighted by Gasteiger charge is 2.26. The molecule has 88 valence electrons. The SMILES string of the molecule is OC1CCC(OC2CCCC(O)C2)CC1. The molecule has 2 aliphatic rings. The van der Waals surface area contributed by atoms with Gasteiger partial charge in [0.25, 0.3) is 0 Å². The fraction of sp³-hybridized carbons (Fsp3) is 1.00. The monoisotopic (exact) mass is 214 g/mol. The van der Waals surface area contributed by atoms with Crippen LogP contribution in [0.25, 0.3) is 0 Å². The summed E-state index contributed by atoms with van der Waals surface area (Å²) < 4.78 is 5.98. The lowest BCUT2D eigenvalue weighted by Crippen LogP contribution is -2.32. The average molecular weight is 214 g/mol. The van der Waals surface area contributed by atoms with Crippen molar-refractivity contribution in [2.24, 2.45) is 0 Å². The summed E-state index contributed by atoms with van der Waals surface area (Å²) >= 11 is 0. The van der Waals surface area contributed by atoms with Crippen LogP contribution in [0.5, 0.6) is 0 Å². The number of ether oxygens (including phenoxy) is 1. The lowest BCUT2D eigenvalue weighted by Gasteiger charge is -2.32. The van der Waals surface area contributed by atoms with Crippen LogP contribution in [-0.4, -0.2) is 34.6 Å². The van der Waals surface area contributed by atoms with Crippen molar-refractivity contribution < 1.29 is 14.9 Å². The first kappa shape index (κ1) is 11.4. The van der Waals surface area contributed by atoms with Gasteiger partial charge in [-0.1, -0.05) is 0 Å². The number of aliphatic hydroxyl groups excluding tert-OH is 2. The number of aliphatic hydroxyl groups is 2. The van der Waals surface area contributed by atoms with E-state index >= 15 is 0 Å². The second kappa shape index (κ2) is 5.28. The van der Waals surface area contributed by atoms with Crippen molar-refractivity contribution in [3.63, 3.8) is 0 Å². The van der Waals surface area contributed by atoms with Gasteiger partial charge in [0.15, 0.2) is 0 Å². The zero-order valence-electron chi connectivity index (χ0n) is 9.27. The van der Waals surface area contributed by atoms with E-state index in [1.54, 1.807) is 0 Å². The summed E-state index contributed by atoms with van der Waals surface area (Å²) in [6.45, 7) is 0. The maximum absolute atomic E-state index is 9.53. The molecular formula is C12H22O3. The normalized spacial score (nSPS) is 42.8. The summed E-state index contributed by atoms with van der Waals surface area (Å²) in [4.78, 5) is 0. The van der Waals surface area contributed by atoms with Gasteiger partial charge in [-0.25, -0.2) is 0 Å². The van der Waals surface area contributed by atoms with Crippen molar-refractivity contribution in [3.8, 4) is 0 Å². The first-order chi connectivity index (χ1) is 7.24. The van der Waals surface area contributed by atoms with Gasteiger partial charge in [0.05, 0.1) is 24.4 Å².